The van der Waals surface area contributed by atoms with Gasteiger partial charge in [-0.25, -0.2) is 0 Å². The lowest BCUT2D eigenvalue weighted by molar-refractivity contribution is 0.122. The summed E-state index contributed by atoms with van der Waals surface area (Å²) < 4.78 is 5.45. The highest BCUT2D eigenvalue weighted by molar-refractivity contribution is 6.31. The summed E-state index contributed by atoms with van der Waals surface area (Å²) in [5.74, 6) is 1.54. The fourth-order valence-electron chi connectivity index (χ4n) is 3.03. The predicted molar refractivity (Wildman–Crippen MR) is 117 cm³/mol. The van der Waals surface area contributed by atoms with Crippen LogP contribution in [0.25, 0.3) is 0 Å². The molecule has 1 aliphatic rings. The maximum Gasteiger partial charge on any atom is 0.233 e. The molecule has 2 N–H and O–H groups in total. The van der Waals surface area contributed by atoms with Gasteiger partial charge in [-0.2, -0.15) is 15.0 Å². The minimum atomic E-state index is 0.455. The van der Waals surface area contributed by atoms with E-state index in [0.29, 0.717) is 36.1 Å². The molecule has 1 aromatic heterocycles. The Morgan fingerprint density at radius 3 is 2.24 bits per heavy atom. The van der Waals surface area contributed by atoms with Crippen LogP contribution < -0.4 is 15.5 Å². The van der Waals surface area contributed by atoms with Gasteiger partial charge in [0.2, 0.25) is 17.8 Å². The highest BCUT2D eigenvalue weighted by Crippen LogP contribution is 2.24. The molecule has 4 rings (SSSR count). The van der Waals surface area contributed by atoms with Crippen molar-refractivity contribution >= 4 is 40.8 Å². The summed E-state index contributed by atoms with van der Waals surface area (Å²) in [6, 6.07) is 13.8. The van der Waals surface area contributed by atoms with Crippen molar-refractivity contribution in [3.8, 4) is 0 Å². The number of morpholine rings is 1. The minimum absolute atomic E-state index is 0.455. The van der Waals surface area contributed by atoms with Crippen LogP contribution in [0.3, 0.4) is 0 Å². The monoisotopic (exact) mass is 410 g/mol. The molecule has 1 saturated heterocycles. The van der Waals surface area contributed by atoms with Gasteiger partial charge in [0, 0.05) is 29.5 Å². The molecule has 8 heteroatoms. The lowest BCUT2D eigenvalue weighted by atomic mass is 10.2. The first-order chi connectivity index (χ1) is 14.1. The summed E-state index contributed by atoms with van der Waals surface area (Å²) >= 11 is 6.26. The molecule has 1 fully saturated rings. The van der Waals surface area contributed by atoms with Crippen molar-refractivity contribution in [1.29, 1.82) is 0 Å². The van der Waals surface area contributed by atoms with Gasteiger partial charge in [0.15, 0.2) is 0 Å². The number of nitrogens with zero attached hydrogens (tertiary/aromatic N) is 4. The number of anilines is 5. The van der Waals surface area contributed by atoms with E-state index in [2.05, 4.69) is 30.5 Å². The lowest BCUT2D eigenvalue weighted by Crippen LogP contribution is -2.37. The van der Waals surface area contributed by atoms with E-state index in [0.717, 1.165) is 35.6 Å². The maximum atomic E-state index is 6.26. The average molecular weight is 411 g/mol. The number of hydrogen-bond donors (Lipinski definition) is 2. The molecule has 29 heavy (non-hydrogen) atoms. The molecule has 1 aliphatic heterocycles. The SMILES string of the molecule is Cc1cccc(Nc2nc(Nc3ccc(C)c(Cl)c3)nc(N3CCOCC3)n2)c1. The molecule has 0 unspecified atom stereocenters. The Labute approximate surface area is 175 Å². The number of rotatable bonds is 5. The van der Waals surface area contributed by atoms with Gasteiger partial charge in [-0.15, -0.1) is 0 Å². The maximum absolute atomic E-state index is 6.26. The van der Waals surface area contributed by atoms with Gasteiger partial charge in [0.25, 0.3) is 0 Å². The first kappa shape index (κ1) is 19.4. The fourth-order valence-corrected chi connectivity index (χ4v) is 3.21. The summed E-state index contributed by atoms with van der Waals surface area (Å²) in [7, 11) is 0. The van der Waals surface area contributed by atoms with E-state index < -0.39 is 0 Å². The van der Waals surface area contributed by atoms with Gasteiger partial charge in [-0.3, -0.25) is 0 Å². The van der Waals surface area contributed by atoms with E-state index in [9.17, 15) is 0 Å². The number of halogens is 1. The number of ether oxygens (including phenoxy) is 1. The highest BCUT2D eigenvalue weighted by atomic mass is 35.5. The van der Waals surface area contributed by atoms with Crippen molar-refractivity contribution in [3.05, 3.63) is 58.6 Å². The molecule has 3 aromatic rings. The second-order valence-electron chi connectivity index (χ2n) is 6.97. The van der Waals surface area contributed by atoms with Crippen LogP contribution >= 0.6 is 11.6 Å². The molecule has 0 bridgehead atoms. The number of hydrogen-bond acceptors (Lipinski definition) is 7. The summed E-state index contributed by atoms with van der Waals surface area (Å²) in [5.41, 5.74) is 3.92. The second kappa shape index (κ2) is 8.63. The lowest BCUT2D eigenvalue weighted by Gasteiger charge is -2.27. The van der Waals surface area contributed by atoms with Crippen LogP contribution in [-0.2, 0) is 4.74 Å². The van der Waals surface area contributed by atoms with Gasteiger partial charge in [-0.05, 0) is 49.2 Å². The van der Waals surface area contributed by atoms with E-state index >= 15 is 0 Å². The molecule has 0 saturated carbocycles. The first-order valence-electron chi connectivity index (χ1n) is 9.52. The Kier molecular flexibility index (Phi) is 5.78. The Morgan fingerprint density at radius 1 is 0.897 bits per heavy atom. The summed E-state index contributed by atoms with van der Waals surface area (Å²) in [4.78, 5) is 15.9. The number of aromatic nitrogens is 3. The second-order valence-corrected chi connectivity index (χ2v) is 7.37. The third-order valence-corrected chi connectivity index (χ3v) is 5.03. The van der Waals surface area contributed by atoms with Crippen molar-refractivity contribution in [2.75, 3.05) is 41.8 Å². The smallest absolute Gasteiger partial charge is 0.233 e. The Morgan fingerprint density at radius 2 is 1.59 bits per heavy atom. The molecular formula is C21H23ClN6O. The molecule has 0 radical (unpaired) electrons. The topological polar surface area (TPSA) is 75.2 Å². The van der Waals surface area contributed by atoms with Crippen LogP contribution in [0.2, 0.25) is 5.02 Å². The number of aryl methyl sites for hydroxylation is 2. The Balaban J connectivity index is 1.65. The molecule has 0 amide bonds. The summed E-state index contributed by atoms with van der Waals surface area (Å²) in [6.07, 6.45) is 0. The average Bonchev–Trinajstić information content (AvgIpc) is 2.71. The van der Waals surface area contributed by atoms with Gasteiger partial charge < -0.3 is 20.3 Å². The van der Waals surface area contributed by atoms with Gasteiger partial charge in [0.1, 0.15) is 0 Å². The number of nitrogens with one attached hydrogen (secondary N) is 2. The Bertz CT molecular complexity index is 1010. The standard InChI is InChI=1S/C21H23ClN6O/c1-14-4-3-5-16(12-14)23-19-25-20(24-17-7-6-15(2)18(22)13-17)27-21(26-19)28-8-10-29-11-9-28/h3-7,12-13H,8-11H2,1-2H3,(H2,23,24,25,26,27). The largest absolute Gasteiger partial charge is 0.378 e. The van der Waals surface area contributed by atoms with E-state index in [1.165, 1.54) is 0 Å². The van der Waals surface area contributed by atoms with Crippen molar-refractivity contribution in [2.45, 2.75) is 13.8 Å². The minimum Gasteiger partial charge on any atom is -0.378 e. The van der Waals surface area contributed by atoms with Crippen LogP contribution in [-0.4, -0.2) is 41.3 Å². The summed E-state index contributed by atoms with van der Waals surface area (Å²) in [6.45, 7) is 6.81. The van der Waals surface area contributed by atoms with Crippen molar-refractivity contribution in [1.82, 2.24) is 15.0 Å². The Hall–Kier alpha value is -2.90. The third kappa shape index (κ3) is 4.93. The van der Waals surface area contributed by atoms with Crippen molar-refractivity contribution < 1.29 is 4.74 Å². The molecule has 0 aliphatic carbocycles. The third-order valence-electron chi connectivity index (χ3n) is 4.62. The van der Waals surface area contributed by atoms with Crippen LogP contribution in [0, 0.1) is 13.8 Å². The van der Waals surface area contributed by atoms with Crippen LogP contribution in [0.1, 0.15) is 11.1 Å². The molecule has 0 atom stereocenters. The van der Waals surface area contributed by atoms with Crippen LogP contribution in [0.4, 0.5) is 29.2 Å². The van der Waals surface area contributed by atoms with E-state index in [1.54, 1.807) is 0 Å². The highest BCUT2D eigenvalue weighted by Gasteiger charge is 2.17. The van der Waals surface area contributed by atoms with E-state index in [4.69, 9.17) is 16.3 Å². The fraction of sp³-hybridized carbons (Fsp3) is 0.286. The van der Waals surface area contributed by atoms with E-state index in [1.807, 2.05) is 56.3 Å². The zero-order chi connectivity index (χ0) is 20.2. The van der Waals surface area contributed by atoms with Crippen molar-refractivity contribution in [2.24, 2.45) is 0 Å². The van der Waals surface area contributed by atoms with E-state index in [-0.39, 0.29) is 0 Å². The first-order valence-corrected chi connectivity index (χ1v) is 9.90. The predicted octanol–water partition coefficient (Wildman–Crippen LogP) is 4.47. The number of benzene rings is 2. The summed E-state index contributed by atoms with van der Waals surface area (Å²) in [5, 5.41) is 7.22. The normalized spacial score (nSPS) is 14.0. The van der Waals surface area contributed by atoms with Gasteiger partial charge >= 0.3 is 0 Å². The molecule has 2 aromatic carbocycles. The van der Waals surface area contributed by atoms with Crippen LogP contribution in [0.5, 0.6) is 0 Å². The molecular weight excluding hydrogens is 388 g/mol. The molecule has 150 valence electrons. The molecule has 2 heterocycles. The van der Waals surface area contributed by atoms with Gasteiger partial charge in [-0.1, -0.05) is 29.8 Å². The quantitative estimate of drug-likeness (QED) is 0.642. The zero-order valence-electron chi connectivity index (χ0n) is 16.4. The van der Waals surface area contributed by atoms with Crippen molar-refractivity contribution in [3.63, 3.8) is 0 Å². The molecule has 0 spiro atoms. The molecule has 7 nitrogen and oxygen atoms in total. The van der Waals surface area contributed by atoms with Crippen LogP contribution in [0.15, 0.2) is 42.5 Å². The zero-order valence-corrected chi connectivity index (χ0v) is 17.2. The van der Waals surface area contributed by atoms with Gasteiger partial charge in [0.05, 0.1) is 13.2 Å².